The molecule has 1 aliphatic rings. The van der Waals surface area contributed by atoms with Crippen LogP contribution in [0.25, 0.3) is 22.0 Å². The van der Waals surface area contributed by atoms with E-state index in [2.05, 4.69) is 55.5 Å². The molecule has 3 aromatic rings. The predicted octanol–water partition coefficient (Wildman–Crippen LogP) is 5.92. The summed E-state index contributed by atoms with van der Waals surface area (Å²) < 4.78 is 48.9. The number of nitrogens with zero attached hydrogens (tertiary/aromatic N) is 5. The average Bonchev–Trinajstić information content (AvgIpc) is 3.36. The Morgan fingerprint density at radius 1 is 1.14 bits per heavy atom. The molecule has 0 bridgehead atoms. The maximum atomic E-state index is 12.8. The first-order valence-electron chi connectivity index (χ1n) is 11.7. The van der Waals surface area contributed by atoms with Gasteiger partial charge in [-0.2, -0.15) is 18.3 Å². The van der Waals surface area contributed by atoms with Crippen LogP contribution >= 0.6 is 26.0 Å². The Balaban J connectivity index is 1.47. The lowest BCUT2D eigenvalue weighted by Gasteiger charge is -2.33. The van der Waals surface area contributed by atoms with Gasteiger partial charge in [-0.15, -0.1) is 0 Å². The number of alkyl halides is 3. The van der Waals surface area contributed by atoms with E-state index in [0.29, 0.717) is 39.3 Å². The minimum Gasteiger partial charge on any atom is -0.359 e. The van der Waals surface area contributed by atoms with Crippen LogP contribution in [0.1, 0.15) is 25.3 Å². The van der Waals surface area contributed by atoms with Crippen molar-refractivity contribution in [2.45, 2.75) is 38.2 Å². The second kappa shape index (κ2) is 10.8. The third kappa shape index (κ3) is 7.24. The summed E-state index contributed by atoms with van der Waals surface area (Å²) in [6.45, 7) is 1.13. The molecule has 1 aliphatic heterocycles. The SMILES string of the molecule is CS(C)(C)CCCOCn1cc(-c2cn(C3CCN(CC(F)(F)F)CC3)c3cnc(Br)cc23)cn1. The molecule has 0 atom stereocenters. The molecule has 4 rings (SSSR count). The van der Waals surface area contributed by atoms with Crippen molar-refractivity contribution < 1.29 is 17.9 Å². The summed E-state index contributed by atoms with van der Waals surface area (Å²) in [5.41, 5.74) is 2.98. The average molecular weight is 577 g/mol. The summed E-state index contributed by atoms with van der Waals surface area (Å²) in [7, 11) is -0.510. The Labute approximate surface area is 214 Å². The van der Waals surface area contributed by atoms with Gasteiger partial charge in [-0.25, -0.2) is 19.7 Å². The summed E-state index contributed by atoms with van der Waals surface area (Å²) in [6, 6.07) is 2.12. The molecular formula is C24H33BrF3N5OS. The van der Waals surface area contributed by atoms with E-state index >= 15 is 0 Å². The molecule has 0 amide bonds. The molecular weight excluding hydrogens is 543 g/mol. The van der Waals surface area contributed by atoms with Crippen molar-refractivity contribution in [1.29, 1.82) is 0 Å². The molecule has 35 heavy (non-hydrogen) atoms. The highest BCUT2D eigenvalue weighted by Gasteiger charge is 2.33. The van der Waals surface area contributed by atoms with Crippen LogP contribution in [0, 0.1) is 0 Å². The van der Waals surface area contributed by atoms with Gasteiger partial charge in [0.05, 0.1) is 24.5 Å². The van der Waals surface area contributed by atoms with Crippen molar-refractivity contribution in [3.05, 3.63) is 35.5 Å². The van der Waals surface area contributed by atoms with Crippen LogP contribution in [0.3, 0.4) is 0 Å². The van der Waals surface area contributed by atoms with E-state index in [1.165, 1.54) is 10.7 Å². The smallest absolute Gasteiger partial charge is 0.359 e. The largest absolute Gasteiger partial charge is 0.401 e. The normalized spacial score (nSPS) is 16.9. The highest BCUT2D eigenvalue weighted by Crippen LogP contribution is 2.37. The zero-order valence-electron chi connectivity index (χ0n) is 20.4. The van der Waals surface area contributed by atoms with Crippen molar-refractivity contribution in [3.63, 3.8) is 0 Å². The van der Waals surface area contributed by atoms with Crippen molar-refractivity contribution >= 4 is 36.9 Å². The molecule has 11 heteroatoms. The second-order valence-corrected chi connectivity index (χ2v) is 15.5. The minimum atomic E-state index is -4.16. The first kappa shape index (κ1) is 26.5. The number of aromatic nitrogens is 4. The van der Waals surface area contributed by atoms with E-state index in [-0.39, 0.29) is 6.04 Å². The molecule has 1 saturated heterocycles. The molecule has 4 heterocycles. The van der Waals surface area contributed by atoms with E-state index in [9.17, 15) is 13.2 Å². The number of likely N-dealkylation sites (tertiary alicyclic amines) is 1. The zero-order chi connectivity index (χ0) is 25.2. The minimum absolute atomic E-state index is 0.127. The van der Waals surface area contributed by atoms with Crippen LogP contribution in [0.15, 0.2) is 35.5 Å². The van der Waals surface area contributed by atoms with Gasteiger partial charge in [0.15, 0.2) is 0 Å². The molecule has 0 N–H and O–H groups in total. The van der Waals surface area contributed by atoms with Gasteiger partial charge in [-0.05, 0) is 65.8 Å². The molecule has 3 aromatic heterocycles. The van der Waals surface area contributed by atoms with Gasteiger partial charge in [-0.3, -0.25) is 4.90 Å². The number of hydrogen-bond acceptors (Lipinski definition) is 4. The molecule has 6 nitrogen and oxygen atoms in total. The third-order valence-corrected chi connectivity index (χ3v) is 8.20. The lowest BCUT2D eigenvalue weighted by atomic mass is 10.0. The predicted molar refractivity (Wildman–Crippen MR) is 140 cm³/mol. The molecule has 0 unspecified atom stereocenters. The van der Waals surface area contributed by atoms with E-state index in [1.807, 2.05) is 24.7 Å². The maximum Gasteiger partial charge on any atom is 0.401 e. The van der Waals surface area contributed by atoms with Gasteiger partial charge in [0.1, 0.15) is 11.3 Å². The maximum absolute atomic E-state index is 12.8. The number of ether oxygens (including phenoxy) is 1. The Morgan fingerprint density at radius 2 is 1.89 bits per heavy atom. The Hall–Kier alpha value is -1.56. The van der Waals surface area contributed by atoms with Gasteiger partial charge in [0, 0.05) is 54.6 Å². The molecule has 0 spiro atoms. The Morgan fingerprint density at radius 3 is 2.57 bits per heavy atom. The van der Waals surface area contributed by atoms with Crippen LogP contribution < -0.4 is 0 Å². The Kier molecular flexibility index (Phi) is 8.19. The zero-order valence-corrected chi connectivity index (χ0v) is 22.8. The standard InChI is InChI=1S/C24H33BrF3N5OS/c1-35(2,3)10-4-9-34-17-32-14-18(12-30-32)21-15-33(22-13-29-23(25)11-20(21)22)19-5-7-31(8-6-19)16-24(26,27)28/h11-15,19H,4-10,16-17H2,1-3H3. The lowest BCUT2D eigenvalue weighted by Crippen LogP contribution is -2.40. The lowest BCUT2D eigenvalue weighted by molar-refractivity contribution is -0.148. The first-order chi connectivity index (χ1) is 16.5. The van der Waals surface area contributed by atoms with Crippen molar-refractivity contribution in [2.75, 3.05) is 50.8 Å². The van der Waals surface area contributed by atoms with E-state index in [0.717, 1.165) is 33.1 Å². The molecule has 1 fully saturated rings. The monoisotopic (exact) mass is 575 g/mol. The van der Waals surface area contributed by atoms with Crippen LogP contribution in [0.2, 0.25) is 0 Å². The fourth-order valence-corrected chi connectivity index (χ4v) is 5.90. The number of pyridine rings is 1. The van der Waals surface area contributed by atoms with E-state index in [1.54, 1.807) is 4.68 Å². The number of hydrogen-bond donors (Lipinski definition) is 0. The van der Waals surface area contributed by atoms with Gasteiger partial charge < -0.3 is 9.30 Å². The van der Waals surface area contributed by atoms with Gasteiger partial charge in [-0.1, -0.05) is 0 Å². The van der Waals surface area contributed by atoms with Crippen molar-refractivity contribution in [1.82, 2.24) is 24.2 Å². The third-order valence-electron chi connectivity index (χ3n) is 6.25. The van der Waals surface area contributed by atoms with E-state index in [4.69, 9.17) is 4.74 Å². The highest BCUT2D eigenvalue weighted by molar-refractivity contribution is 9.10. The fraction of sp³-hybridized carbons (Fsp3) is 0.583. The first-order valence-corrected chi connectivity index (χ1v) is 15.5. The summed E-state index contributed by atoms with van der Waals surface area (Å²) in [6.07, 6.45) is 12.9. The van der Waals surface area contributed by atoms with Crippen LogP contribution in [0.4, 0.5) is 13.2 Å². The molecule has 0 aliphatic carbocycles. The van der Waals surface area contributed by atoms with Crippen LogP contribution in [-0.2, 0) is 11.5 Å². The quantitative estimate of drug-likeness (QED) is 0.235. The molecule has 0 aromatic carbocycles. The number of piperidine rings is 1. The van der Waals surface area contributed by atoms with Crippen molar-refractivity contribution in [3.8, 4) is 11.1 Å². The molecule has 0 radical (unpaired) electrons. The van der Waals surface area contributed by atoms with Crippen LogP contribution in [0.5, 0.6) is 0 Å². The number of rotatable bonds is 9. The summed E-state index contributed by atoms with van der Waals surface area (Å²) >= 11 is 3.48. The molecule has 194 valence electrons. The van der Waals surface area contributed by atoms with Crippen LogP contribution in [-0.4, -0.2) is 81.2 Å². The van der Waals surface area contributed by atoms with E-state index < -0.39 is 22.7 Å². The second-order valence-electron chi connectivity index (χ2n) is 10.1. The highest BCUT2D eigenvalue weighted by atomic mass is 79.9. The topological polar surface area (TPSA) is 48.1 Å². The Bertz CT molecular complexity index is 1130. The fourth-order valence-electron chi connectivity index (χ4n) is 4.59. The van der Waals surface area contributed by atoms with Gasteiger partial charge in [0.2, 0.25) is 0 Å². The van der Waals surface area contributed by atoms with Gasteiger partial charge in [0.25, 0.3) is 0 Å². The number of fused-ring (bicyclic) bond motifs is 1. The molecule has 0 saturated carbocycles. The summed E-state index contributed by atoms with van der Waals surface area (Å²) in [5, 5.41) is 5.52. The van der Waals surface area contributed by atoms with Crippen molar-refractivity contribution in [2.24, 2.45) is 0 Å². The summed E-state index contributed by atoms with van der Waals surface area (Å²) in [4.78, 5) is 5.90. The number of halogens is 4. The van der Waals surface area contributed by atoms with Gasteiger partial charge >= 0.3 is 6.18 Å². The summed E-state index contributed by atoms with van der Waals surface area (Å²) in [5.74, 6) is 1.19.